The highest BCUT2D eigenvalue weighted by Crippen LogP contribution is 2.62. The Hall–Kier alpha value is 0.0969. The van der Waals surface area contributed by atoms with Gasteiger partial charge in [-0.05, 0) is 85.6 Å². The van der Waals surface area contributed by atoms with E-state index in [0.717, 1.165) is 40.1 Å². The van der Waals surface area contributed by atoms with E-state index >= 15 is 0 Å². The van der Waals surface area contributed by atoms with Gasteiger partial charge in [0.15, 0.2) is 0 Å². The third-order valence-electron chi connectivity index (χ3n) is 9.08. The quantitative estimate of drug-likeness (QED) is 0.307. The van der Waals surface area contributed by atoms with Crippen molar-refractivity contribution < 1.29 is 0 Å². The molecule has 3 aliphatic carbocycles. The van der Waals surface area contributed by atoms with Gasteiger partial charge in [0, 0.05) is 20.9 Å². The summed E-state index contributed by atoms with van der Waals surface area (Å²) >= 11 is 8.07. The fraction of sp³-hybridized carbons (Fsp3) is 0.680. The van der Waals surface area contributed by atoms with Gasteiger partial charge in [-0.1, -0.05) is 75.7 Å². The largest absolute Gasteiger partial charge is 0.314 e. The monoisotopic (exact) mass is 535 g/mol. The maximum Gasteiger partial charge on any atom is 0.0635 e. The van der Waals surface area contributed by atoms with Crippen LogP contribution in [0.2, 0.25) is 18.6 Å². The van der Waals surface area contributed by atoms with Gasteiger partial charge in [0.05, 0.1) is 8.07 Å². The number of piperidine rings is 1. The van der Waals surface area contributed by atoms with E-state index in [1.165, 1.54) is 42.3 Å². The Bertz CT molecular complexity index is 834. The number of hydrogen-bond donors (Lipinski definition) is 1. The zero-order chi connectivity index (χ0) is 20.5. The number of benzene rings is 1. The number of hydrogen-bond acceptors (Lipinski definition) is 1. The number of allylic oxidation sites excluding steroid dienone is 1. The first-order valence-electron chi connectivity index (χ1n) is 11.6. The molecule has 0 spiro atoms. The Morgan fingerprint density at radius 3 is 2.69 bits per heavy atom. The molecular weight excluding hydrogens is 502 g/mol. The van der Waals surface area contributed by atoms with E-state index < -0.39 is 8.07 Å². The minimum atomic E-state index is -1.57. The van der Waals surface area contributed by atoms with E-state index in [2.05, 4.69) is 88.4 Å². The van der Waals surface area contributed by atoms with Crippen molar-refractivity contribution in [2.75, 3.05) is 6.54 Å². The predicted molar refractivity (Wildman–Crippen MR) is 134 cm³/mol. The van der Waals surface area contributed by atoms with Gasteiger partial charge < -0.3 is 5.32 Å². The Balaban J connectivity index is 1.50. The van der Waals surface area contributed by atoms with Crippen molar-refractivity contribution in [3.63, 3.8) is 0 Å². The van der Waals surface area contributed by atoms with Crippen LogP contribution in [0.1, 0.15) is 56.2 Å². The van der Waals surface area contributed by atoms with Gasteiger partial charge in [-0.3, -0.25) is 0 Å². The molecule has 0 bridgehead atoms. The van der Waals surface area contributed by atoms with Crippen molar-refractivity contribution in [3.05, 3.63) is 39.4 Å². The van der Waals surface area contributed by atoms with Crippen molar-refractivity contribution >= 4 is 46.0 Å². The smallest absolute Gasteiger partial charge is 0.0635 e. The molecule has 4 aliphatic rings. The van der Waals surface area contributed by atoms with Crippen LogP contribution in [0.5, 0.6) is 0 Å². The summed E-state index contributed by atoms with van der Waals surface area (Å²) in [5, 5.41) is 3.92. The average Bonchev–Trinajstić information content (AvgIpc) is 3.20. The van der Waals surface area contributed by atoms with Crippen LogP contribution in [-0.4, -0.2) is 25.5 Å². The van der Waals surface area contributed by atoms with Crippen LogP contribution < -0.4 is 5.32 Å². The lowest BCUT2D eigenvalue weighted by Gasteiger charge is -2.50. The van der Waals surface area contributed by atoms with Gasteiger partial charge in [-0.2, -0.15) is 0 Å². The maximum atomic E-state index is 4.25. The molecule has 2 saturated carbocycles. The predicted octanol–water partition coefficient (Wildman–Crippen LogP) is 7.38. The maximum absolute atomic E-state index is 4.25. The Morgan fingerprint density at radius 2 is 1.90 bits per heavy atom. The molecule has 8 unspecified atom stereocenters. The van der Waals surface area contributed by atoms with Gasteiger partial charge in [0.1, 0.15) is 0 Å². The number of rotatable bonds is 2. The van der Waals surface area contributed by atoms with Crippen molar-refractivity contribution in [2.45, 2.75) is 74.6 Å². The van der Waals surface area contributed by atoms with Crippen molar-refractivity contribution in [2.24, 2.45) is 23.7 Å². The molecule has 8 atom stereocenters. The lowest BCUT2D eigenvalue weighted by atomic mass is 9.70. The van der Waals surface area contributed by atoms with E-state index in [4.69, 9.17) is 0 Å². The highest BCUT2D eigenvalue weighted by Gasteiger charge is 2.58. The summed E-state index contributed by atoms with van der Waals surface area (Å²) in [6, 6.07) is 7.61. The lowest BCUT2D eigenvalue weighted by molar-refractivity contribution is 0.137. The fourth-order valence-electron chi connectivity index (χ4n) is 8.33. The molecule has 3 fully saturated rings. The first-order valence-corrected chi connectivity index (χ1v) is 16.5. The molecule has 1 aromatic carbocycles. The molecule has 1 aliphatic heterocycles. The van der Waals surface area contributed by atoms with E-state index in [-0.39, 0.29) is 0 Å². The minimum Gasteiger partial charge on any atom is -0.314 e. The topological polar surface area (TPSA) is 12.0 Å². The molecule has 4 heteroatoms. The lowest BCUT2D eigenvalue weighted by Crippen LogP contribution is -2.54. The highest BCUT2D eigenvalue weighted by atomic mass is 79.9. The van der Waals surface area contributed by atoms with Crippen LogP contribution in [0.25, 0.3) is 6.08 Å². The fourth-order valence-corrected chi connectivity index (χ4v) is 15.9. The van der Waals surface area contributed by atoms with E-state index in [1.54, 1.807) is 11.1 Å². The molecule has 1 aromatic rings. The molecule has 1 heterocycles. The first kappa shape index (κ1) is 21.0. The number of nitrogens with one attached hydrogen (secondary N) is 1. The summed E-state index contributed by atoms with van der Waals surface area (Å²) in [6.45, 7) is 11.7. The van der Waals surface area contributed by atoms with Crippen molar-refractivity contribution in [1.82, 2.24) is 5.32 Å². The van der Waals surface area contributed by atoms with Crippen LogP contribution in [0.4, 0.5) is 0 Å². The molecule has 158 valence electrons. The third-order valence-corrected chi connectivity index (χ3v) is 16.1. The first-order chi connectivity index (χ1) is 13.8. The second kappa shape index (κ2) is 7.60. The van der Waals surface area contributed by atoms with Gasteiger partial charge in [-0.25, -0.2) is 0 Å². The van der Waals surface area contributed by atoms with Crippen molar-refractivity contribution in [1.29, 1.82) is 0 Å². The Kier molecular flexibility index (Phi) is 5.50. The average molecular weight is 537 g/mol. The van der Waals surface area contributed by atoms with E-state index in [9.17, 15) is 0 Å². The highest BCUT2D eigenvalue weighted by molar-refractivity contribution is 9.10. The summed E-state index contributed by atoms with van der Waals surface area (Å²) in [6.07, 6.45) is 8.11. The van der Waals surface area contributed by atoms with Crippen molar-refractivity contribution in [3.8, 4) is 0 Å². The van der Waals surface area contributed by atoms with E-state index in [0.29, 0.717) is 5.54 Å². The second-order valence-electron chi connectivity index (χ2n) is 11.0. The molecular formula is C25H35Br2NSi. The molecule has 29 heavy (non-hydrogen) atoms. The number of fused-ring (bicyclic) bond motifs is 3. The Morgan fingerprint density at radius 1 is 1.10 bits per heavy atom. The summed E-state index contributed by atoms with van der Waals surface area (Å²) in [7, 11) is -1.57. The van der Waals surface area contributed by atoms with Crippen LogP contribution in [-0.2, 0) is 0 Å². The van der Waals surface area contributed by atoms with Crippen LogP contribution >= 0.6 is 31.9 Å². The third kappa shape index (κ3) is 3.22. The molecule has 0 aromatic heterocycles. The number of alkyl halides is 1. The SMILES string of the molecule is CC1=Cc2c(Br)cccc2C1[Si](C)(C)C1C(C)CC2C(Br)C3CCCNC3CC21. The number of halogens is 2. The molecule has 1 saturated heterocycles. The molecule has 1 nitrogen and oxygen atoms in total. The van der Waals surface area contributed by atoms with Crippen LogP contribution in [0, 0.1) is 23.7 Å². The minimum absolute atomic E-state index is 0.673. The van der Waals surface area contributed by atoms with Gasteiger partial charge in [0.25, 0.3) is 0 Å². The van der Waals surface area contributed by atoms with Crippen LogP contribution in [0.3, 0.4) is 0 Å². The molecule has 0 radical (unpaired) electrons. The summed E-state index contributed by atoms with van der Waals surface area (Å²) in [5.74, 6) is 3.49. The summed E-state index contributed by atoms with van der Waals surface area (Å²) < 4.78 is 1.27. The van der Waals surface area contributed by atoms with Gasteiger partial charge in [0.2, 0.25) is 0 Å². The Labute approximate surface area is 194 Å². The standard InChI is InChI=1S/C25H35Br2NSi/c1-14-11-18-16(7-5-9-21(18)26)24(14)29(3,4)25-15(2)12-19-20(25)13-22-17(23(19)27)8-6-10-28-22/h5,7,9,11,15,17,19-20,22-25,28H,6,8,10,12-13H2,1-4H3. The van der Waals surface area contributed by atoms with Gasteiger partial charge in [-0.15, -0.1) is 0 Å². The molecule has 0 amide bonds. The molecule has 1 N–H and O–H groups in total. The summed E-state index contributed by atoms with van der Waals surface area (Å²) in [4.78, 5) is 0.720. The zero-order valence-electron chi connectivity index (χ0n) is 18.2. The van der Waals surface area contributed by atoms with Gasteiger partial charge >= 0.3 is 0 Å². The summed E-state index contributed by atoms with van der Waals surface area (Å²) in [5.41, 5.74) is 6.25. The molecule has 5 rings (SSSR count). The normalized spacial score (nSPS) is 41.5. The second-order valence-corrected chi connectivity index (χ2v) is 17.8. The van der Waals surface area contributed by atoms with E-state index in [1.807, 2.05) is 0 Å². The van der Waals surface area contributed by atoms with Crippen LogP contribution in [0.15, 0.2) is 28.2 Å². The zero-order valence-corrected chi connectivity index (χ0v) is 22.4.